The molecule has 0 aliphatic rings. The number of nitrogens with one attached hydrogen (secondary N) is 3. The van der Waals surface area contributed by atoms with Crippen molar-refractivity contribution in [3.8, 4) is 11.5 Å². The number of carbonyl (C=O) groups excluding carboxylic acids is 1. The van der Waals surface area contributed by atoms with Gasteiger partial charge in [-0.15, -0.1) is 0 Å². The molecular weight excluding hydrogens is 346 g/mol. The molecule has 1 aromatic heterocycles. The first-order valence-corrected chi connectivity index (χ1v) is 8.75. The molecule has 0 aliphatic heterocycles. The quantitative estimate of drug-likeness (QED) is 0.622. The van der Waals surface area contributed by atoms with Gasteiger partial charge in [0, 0.05) is 5.56 Å². The second-order valence-electron chi connectivity index (χ2n) is 6.61. The number of aromatic nitrogens is 2. The summed E-state index contributed by atoms with van der Waals surface area (Å²) >= 11 is 0. The van der Waals surface area contributed by atoms with E-state index < -0.39 is 0 Å². The summed E-state index contributed by atoms with van der Waals surface area (Å²) in [6.45, 7) is 5.74. The summed E-state index contributed by atoms with van der Waals surface area (Å²) in [6.07, 6.45) is 0.00777. The van der Waals surface area contributed by atoms with Gasteiger partial charge in [-0.1, -0.05) is 6.07 Å². The molecule has 1 amide bonds. The molecule has 0 aliphatic carbocycles. The van der Waals surface area contributed by atoms with Crippen molar-refractivity contribution in [1.82, 2.24) is 15.3 Å². The highest BCUT2D eigenvalue weighted by molar-refractivity contribution is 5.95. The van der Waals surface area contributed by atoms with Gasteiger partial charge in [0.05, 0.1) is 30.3 Å². The number of ether oxygens (including phenoxy) is 2. The van der Waals surface area contributed by atoms with E-state index in [9.17, 15) is 9.59 Å². The summed E-state index contributed by atoms with van der Waals surface area (Å²) in [5, 5.41) is 2.96. The maximum atomic E-state index is 12.6. The number of benzene rings is 2. The van der Waals surface area contributed by atoms with Crippen LogP contribution in [0.4, 0.5) is 0 Å². The van der Waals surface area contributed by atoms with E-state index in [2.05, 4.69) is 15.3 Å². The Morgan fingerprint density at radius 2 is 1.74 bits per heavy atom. The van der Waals surface area contributed by atoms with Gasteiger partial charge < -0.3 is 24.8 Å². The van der Waals surface area contributed by atoms with Crippen molar-refractivity contribution in [2.75, 3.05) is 7.11 Å². The van der Waals surface area contributed by atoms with Gasteiger partial charge >= 0.3 is 5.69 Å². The molecule has 0 saturated carbocycles. The third-order valence-corrected chi connectivity index (χ3v) is 4.18. The Balaban J connectivity index is 1.77. The zero-order chi connectivity index (χ0) is 19.6. The van der Waals surface area contributed by atoms with Crippen LogP contribution >= 0.6 is 0 Å². The minimum absolute atomic E-state index is 0.00777. The van der Waals surface area contributed by atoms with Crippen molar-refractivity contribution in [2.24, 2.45) is 0 Å². The lowest BCUT2D eigenvalue weighted by atomic mass is 10.1. The van der Waals surface area contributed by atoms with Crippen LogP contribution < -0.4 is 20.5 Å². The van der Waals surface area contributed by atoms with Crippen molar-refractivity contribution < 1.29 is 14.3 Å². The Kier molecular flexibility index (Phi) is 5.21. The number of hydrogen-bond acceptors (Lipinski definition) is 4. The molecule has 1 atom stereocenters. The van der Waals surface area contributed by atoms with Crippen molar-refractivity contribution in [3.63, 3.8) is 0 Å². The SMILES string of the molecule is COc1cc(C(=O)NC(C)c2ccc3[nH]c(=O)[nH]c3c2)ccc1OC(C)C. The Labute approximate surface area is 156 Å². The maximum Gasteiger partial charge on any atom is 0.323 e. The van der Waals surface area contributed by atoms with Gasteiger partial charge in [0.1, 0.15) is 0 Å². The molecule has 0 saturated heterocycles. The maximum absolute atomic E-state index is 12.6. The molecule has 142 valence electrons. The number of imidazole rings is 1. The predicted octanol–water partition coefficient (Wildman–Crippen LogP) is 3.14. The van der Waals surface area contributed by atoms with Crippen LogP contribution in [0, 0.1) is 0 Å². The first-order chi connectivity index (χ1) is 12.9. The topological polar surface area (TPSA) is 96.2 Å². The summed E-state index contributed by atoms with van der Waals surface area (Å²) in [4.78, 5) is 29.4. The average Bonchev–Trinajstić information content (AvgIpc) is 3.00. The van der Waals surface area contributed by atoms with E-state index in [1.165, 1.54) is 0 Å². The van der Waals surface area contributed by atoms with Gasteiger partial charge in [-0.3, -0.25) is 4.79 Å². The first kappa shape index (κ1) is 18.6. The molecular formula is C20H23N3O4. The van der Waals surface area contributed by atoms with Crippen LogP contribution in [0.5, 0.6) is 11.5 Å². The number of amides is 1. The molecule has 3 N–H and O–H groups in total. The van der Waals surface area contributed by atoms with Gasteiger partial charge in [-0.2, -0.15) is 0 Å². The van der Waals surface area contributed by atoms with Crippen LogP contribution in [0.3, 0.4) is 0 Å². The number of H-pyrrole nitrogens is 2. The number of rotatable bonds is 6. The Bertz CT molecular complexity index is 1020. The van der Waals surface area contributed by atoms with Crippen molar-refractivity contribution in [3.05, 3.63) is 58.0 Å². The van der Waals surface area contributed by atoms with Crippen LogP contribution in [0.15, 0.2) is 41.2 Å². The van der Waals surface area contributed by atoms with Gasteiger partial charge in [0.25, 0.3) is 5.91 Å². The number of fused-ring (bicyclic) bond motifs is 1. The number of methoxy groups -OCH3 is 1. The third kappa shape index (κ3) is 4.13. The smallest absolute Gasteiger partial charge is 0.323 e. The molecule has 0 bridgehead atoms. The largest absolute Gasteiger partial charge is 0.493 e. The van der Waals surface area contributed by atoms with E-state index in [1.54, 1.807) is 25.3 Å². The molecule has 3 rings (SSSR count). The molecule has 2 aromatic carbocycles. The lowest BCUT2D eigenvalue weighted by molar-refractivity contribution is 0.0939. The third-order valence-electron chi connectivity index (χ3n) is 4.18. The van der Waals surface area contributed by atoms with Crippen LogP contribution in [0.2, 0.25) is 0 Å². The fraction of sp³-hybridized carbons (Fsp3) is 0.300. The Morgan fingerprint density at radius 3 is 2.44 bits per heavy atom. The zero-order valence-corrected chi connectivity index (χ0v) is 15.8. The van der Waals surface area contributed by atoms with E-state index in [1.807, 2.05) is 39.0 Å². The fourth-order valence-corrected chi connectivity index (χ4v) is 2.84. The van der Waals surface area contributed by atoms with E-state index in [0.29, 0.717) is 22.6 Å². The van der Waals surface area contributed by atoms with Crippen LogP contribution in [0.1, 0.15) is 42.7 Å². The molecule has 7 heteroatoms. The molecule has 1 heterocycles. The molecule has 0 radical (unpaired) electrons. The second-order valence-corrected chi connectivity index (χ2v) is 6.61. The summed E-state index contributed by atoms with van der Waals surface area (Å²) in [5.74, 6) is 0.883. The minimum Gasteiger partial charge on any atom is -0.493 e. The van der Waals surface area contributed by atoms with E-state index in [0.717, 1.165) is 11.1 Å². The molecule has 0 spiro atoms. The lowest BCUT2D eigenvalue weighted by Gasteiger charge is -2.17. The van der Waals surface area contributed by atoms with Crippen LogP contribution in [-0.4, -0.2) is 29.1 Å². The highest BCUT2D eigenvalue weighted by Gasteiger charge is 2.15. The molecule has 7 nitrogen and oxygen atoms in total. The molecule has 1 unspecified atom stereocenters. The predicted molar refractivity (Wildman–Crippen MR) is 104 cm³/mol. The normalized spacial score (nSPS) is 12.2. The van der Waals surface area contributed by atoms with Crippen LogP contribution in [-0.2, 0) is 0 Å². The summed E-state index contributed by atoms with van der Waals surface area (Å²) in [7, 11) is 1.54. The standard InChI is InChI=1S/C20H23N3O4/c1-11(2)27-17-8-6-14(10-18(17)26-4)19(24)21-12(3)13-5-7-15-16(9-13)23-20(25)22-15/h5-12H,1-4H3,(H,21,24)(H2,22,23,25). The monoisotopic (exact) mass is 369 g/mol. The van der Waals surface area contributed by atoms with Crippen molar-refractivity contribution >= 4 is 16.9 Å². The summed E-state index contributed by atoms with van der Waals surface area (Å²) in [5.41, 5.74) is 2.54. The van der Waals surface area contributed by atoms with Crippen LogP contribution in [0.25, 0.3) is 11.0 Å². The molecule has 3 aromatic rings. The van der Waals surface area contributed by atoms with Gasteiger partial charge in [-0.25, -0.2) is 4.79 Å². The number of hydrogen-bond donors (Lipinski definition) is 3. The van der Waals surface area contributed by atoms with Gasteiger partial charge in [0.2, 0.25) is 0 Å². The van der Waals surface area contributed by atoms with Gasteiger partial charge in [-0.05, 0) is 56.7 Å². The van der Waals surface area contributed by atoms with Crippen molar-refractivity contribution in [1.29, 1.82) is 0 Å². The minimum atomic E-state index is -0.255. The van der Waals surface area contributed by atoms with E-state index in [-0.39, 0.29) is 23.7 Å². The highest BCUT2D eigenvalue weighted by Crippen LogP contribution is 2.29. The van der Waals surface area contributed by atoms with Crippen molar-refractivity contribution in [2.45, 2.75) is 32.9 Å². The number of carbonyl (C=O) groups is 1. The molecule has 27 heavy (non-hydrogen) atoms. The first-order valence-electron chi connectivity index (χ1n) is 8.75. The second kappa shape index (κ2) is 7.57. The van der Waals surface area contributed by atoms with E-state index in [4.69, 9.17) is 9.47 Å². The zero-order valence-electron chi connectivity index (χ0n) is 15.8. The molecule has 0 fully saturated rings. The Hall–Kier alpha value is -3.22. The van der Waals surface area contributed by atoms with E-state index >= 15 is 0 Å². The fourth-order valence-electron chi connectivity index (χ4n) is 2.84. The summed E-state index contributed by atoms with van der Waals surface area (Å²) < 4.78 is 11.0. The highest BCUT2D eigenvalue weighted by atomic mass is 16.5. The summed E-state index contributed by atoms with van der Waals surface area (Å²) in [6, 6.07) is 10.4. The Morgan fingerprint density at radius 1 is 1.00 bits per heavy atom. The van der Waals surface area contributed by atoms with Gasteiger partial charge in [0.15, 0.2) is 11.5 Å². The lowest BCUT2D eigenvalue weighted by Crippen LogP contribution is -2.26. The average molecular weight is 369 g/mol. The number of aromatic amines is 2.